The average Bonchev–Trinajstić information content (AvgIpc) is 3.00. The van der Waals surface area contributed by atoms with Gasteiger partial charge in [-0.1, -0.05) is 37.6 Å². The Labute approximate surface area is 133 Å². The number of benzene rings is 1. The summed E-state index contributed by atoms with van der Waals surface area (Å²) in [5.41, 5.74) is 0.507. The Hall–Kier alpha value is -2.27. The molecule has 22 heavy (non-hydrogen) atoms. The van der Waals surface area contributed by atoms with E-state index >= 15 is 0 Å². The first-order valence-corrected chi connectivity index (χ1v) is 7.26. The Balaban J connectivity index is 2.09. The van der Waals surface area contributed by atoms with Crippen LogP contribution in [0.4, 0.5) is 5.69 Å². The minimum Gasteiger partial charge on any atom is -0.459 e. The average molecular weight is 321 g/mol. The molecule has 0 fully saturated rings. The van der Waals surface area contributed by atoms with E-state index in [1.807, 2.05) is 13.8 Å². The smallest absolute Gasteiger partial charge is 0.287 e. The summed E-state index contributed by atoms with van der Waals surface area (Å²) in [6.45, 7) is 3.69. The molecule has 5 nitrogen and oxygen atoms in total. The zero-order valence-electron chi connectivity index (χ0n) is 12.3. The minimum atomic E-state index is -0.700. The highest BCUT2D eigenvalue weighted by molar-refractivity contribution is 6.33. The van der Waals surface area contributed by atoms with Crippen molar-refractivity contribution in [1.29, 1.82) is 0 Å². The summed E-state index contributed by atoms with van der Waals surface area (Å²) in [7, 11) is 0. The number of nitrogens with one attached hydrogen (secondary N) is 2. The first-order valence-electron chi connectivity index (χ1n) is 6.89. The SMILES string of the molecule is CC(C)[C@@H](NC(=O)c1ccco1)C(=O)Nc1ccccc1Cl. The van der Waals surface area contributed by atoms with Crippen LogP contribution in [0.25, 0.3) is 0 Å². The summed E-state index contributed by atoms with van der Waals surface area (Å²) in [6.07, 6.45) is 1.41. The van der Waals surface area contributed by atoms with Gasteiger partial charge >= 0.3 is 0 Å². The Morgan fingerprint density at radius 3 is 2.45 bits per heavy atom. The first kappa shape index (κ1) is 16.1. The predicted molar refractivity (Wildman–Crippen MR) is 84.9 cm³/mol. The highest BCUT2D eigenvalue weighted by Gasteiger charge is 2.26. The summed E-state index contributed by atoms with van der Waals surface area (Å²) >= 11 is 6.02. The van der Waals surface area contributed by atoms with Crippen molar-refractivity contribution in [3.05, 3.63) is 53.4 Å². The molecule has 0 saturated heterocycles. The fourth-order valence-electron chi connectivity index (χ4n) is 1.93. The molecule has 0 bridgehead atoms. The lowest BCUT2D eigenvalue weighted by atomic mass is 10.0. The van der Waals surface area contributed by atoms with Crippen LogP contribution < -0.4 is 10.6 Å². The van der Waals surface area contributed by atoms with Gasteiger partial charge in [0, 0.05) is 0 Å². The van der Waals surface area contributed by atoms with Crippen molar-refractivity contribution < 1.29 is 14.0 Å². The first-order chi connectivity index (χ1) is 10.5. The molecule has 1 atom stereocenters. The topological polar surface area (TPSA) is 71.3 Å². The number of furan rings is 1. The number of amides is 2. The maximum Gasteiger partial charge on any atom is 0.287 e. The van der Waals surface area contributed by atoms with Crippen molar-refractivity contribution >= 4 is 29.1 Å². The van der Waals surface area contributed by atoms with E-state index in [0.717, 1.165) is 0 Å². The van der Waals surface area contributed by atoms with Crippen LogP contribution in [-0.4, -0.2) is 17.9 Å². The zero-order chi connectivity index (χ0) is 16.1. The summed E-state index contributed by atoms with van der Waals surface area (Å²) < 4.78 is 5.03. The van der Waals surface area contributed by atoms with Crippen LogP contribution >= 0.6 is 11.6 Å². The van der Waals surface area contributed by atoms with E-state index in [9.17, 15) is 9.59 Å². The van der Waals surface area contributed by atoms with Crippen molar-refractivity contribution in [3.63, 3.8) is 0 Å². The molecule has 1 aromatic heterocycles. The van der Waals surface area contributed by atoms with E-state index in [0.29, 0.717) is 10.7 Å². The summed E-state index contributed by atoms with van der Waals surface area (Å²) in [6, 6.07) is 9.38. The van der Waals surface area contributed by atoms with Crippen molar-refractivity contribution in [2.24, 2.45) is 5.92 Å². The molecule has 0 aliphatic rings. The van der Waals surface area contributed by atoms with Gasteiger partial charge in [0.25, 0.3) is 5.91 Å². The van der Waals surface area contributed by atoms with Crippen molar-refractivity contribution in [3.8, 4) is 0 Å². The van der Waals surface area contributed by atoms with Crippen LogP contribution in [-0.2, 0) is 4.79 Å². The Morgan fingerprint density at radius 1 is 1.14 bits per heavy atom. The molecule has 0 aliphatic carbocycles. The third-order valence-electron chi connectivity index (χ3n) is 3.11. The predicted octanol–water partition coefficient (Wildman–Crippen LogP) is 3.33. The van der Waals surface area contributed by atoms with Crippen LogP contribution in [0.15, 0.2) is 47.1 Å². The Bertz CT molecular complexity index is 653. The van der Waals surface area contributed by atoms with Gasteiger partial charge in [0.2, 0.25) is 5.91 Å². The van der Waals surface area contributed by atoms with Gasteiger partial charge in [0.05, 0.1) is 17.0 Å². The lowest BCUT2D eigenvalue weighted by molar-refractivity contribution is -0.118. The van der Waals surface area contributed by atoms with Crippen LogP contribution in [0.2, 0.25) is 5.02 Å². The largest absolute Gasteiger partial charge is 0.459 e. The fraction of sp³-hybridized carbons (Fsp3) is 0.250. The van der Waals surface area contributed by atoms with Gasteiger partial charge in [-0.15, -0.1) is 0 Å². The number of carbonyl (C=O) groups excluding carboxylic acids is 2. The third kappa shape index (κ3) is 3.89. The molecule has 1 aromatic carbocycles. The molecule has 6 heteroatoms. The molecule has 0 aliphatic heterocycles. The van der Waals surface area contributed by atoms with Crippen molar-refractivity contribution in [2.45, 2.75) is 19.9 Å². The van der Waals surface area contributed by atoms with Crippen LogP contribution in [0, 0.1) is 5.92 Å². The molecule has 116 valence electrons. The summed E-state index contributed by atoms with van der Waals surface area (Å²) in [4.78, 5) is 24.4. The maximum atomic E-state index is 12.4. The van der Waals surface area contributed by atoms with Gasteiger partial charge in [-0.05, 0) is 30.2 Å². The van der Waals surface area contributed by atoms with E-state index in [-0.39, 0.29) is 17.6 Å². The van der Waals surface area contributed by atoms with E-state index in [4.69, 9.17) is 16.0 Å². The standard InChI is InChI=1S/C16H17ClN2O3/c1-10(2)14(19-15(20)13-8-5-9-22-13)16(21)18-12-7-4-3-6-11(12)17/h3-10,14H,1-2H3,(H,18,21)(H,19,20)/t14-/m1/s1. The number of hydrogen-bond acceptors (Lipinski definition) is 3. The number of para-hydroxylation sites is 1. The fourth-order valence-corrected chi connectivity index (χ4v) is 2.11. The molecule has 2 rings (SSSR count). The van der Waals surface area contributed by atoms with Gasteiger partial charge in [-0.3, -0.25) is 9.59 Å². The molecule has 2 aromatic rings. The number of anilines is 1. The molecular weight excluding hydrogens is 304 g/mol. The van der Waals surface area contributed by atoms with Crippen molar-refractivity contribution in [2.75, 3.05) is 5.32 Å². The summed E-state index contributed by atoms with van der Waals surface area (Å²) in [5.74, 6) is -0.696. The van der Waals surface area contributed by atoms with Gasteiger partial charge < -0.3 is 15.1 Å². The van der Waals surface area contributed by atoms with E-state index in [2.05, 4.69) is 10.6 Å². The van der Waals surface area contributed by atoms with E-state index in [1.165, 1.54) is 6.26 Å². The van der Waals surface area contributed by atoms with Crippen molar-refractivity contribution in [1.82, 2.24) is 5.32 Å². The van der Waals surface area contributed by atoms with Gasteiger partial charge in [0.1, 0.15) is 6.04 Å². The van der Waals surface area contributed by atoms with Gasteiger partial charge in [-0.2, -0.15) is 0 Å². The molecule has 0 saturated carbocycles. The van der Waals surface area contributed by atoms with E-state index < -0.39 is 11.9 Å². The quantitative estimate of drug-likeness (QED) is 0.887. The molecular formula is C16H17ClN2O3. The highest BCUT2D eigenvalue weighted by atomic mass is 35.5. The normalized spacial score (nSPS) is 12.0. The Morgan fingerprint density at radius 2 is 1.86 bits per heavy atom. The van der Waals surface area contributed by atoms with Crippen LogP contribution in [0.5, 0.6) is 0 Å². The number of halogens is 1. The van der Waals surface area contributed by atoms with Gasteiger partial charge in [-0.25, -0.2) is 0 Å². The van der Waals surface area contributed by atoms with Crippen LogP contribution in [0.1, 0.15) is 24.4 Å². The number of carbonyl (C=O) groups is 2. The molecule has 0 unspecified atom stereocenters. The third-order valence-corrected chi connectivity index (χ3v) is 3.44. The van der Waals surface area contributed by atoms with E-state index in [1.54, 1.807) is 36.4 Å². The number of rotatable bonds is 5. The zero-order valence-corrected chi connectivity index (χ0v) is 13.1. The molecule has 2 amide bonds. The molecule has 0 radical (unpaired) electrons. The number of hydrogen-bond donors (Lipinski definition) is 2. The summed E-state index contributed by atoms with van der Waals surface area (Å²) in [5, 5.41) is 5.84. The van der Waals surface area contributed by atoms with Crippen LogP contribution in [0.3, 0.4) is 0 Å². The second kappa shape index (κ2) is 7.13. The maximum absolute atomic E-state index is 12.4. The molecule has 1 heterocycles. The highest BCUT2D eigenvalue weighted by Crippen LogP contribution is 2.21. The van der Waals surface area contributed by atoms with Gasteiger partial charge in [0.15, 0.2) is 5.76 Å². The molecule has 0 spiro atoms. The molecule has 2 N–H and O–H groups in total. The monoisotopic (exact) mass is 320 g/mol. The lowest BCUT2D eigenvalue weighted by Crippen LogP contribution is -2.47. The lowest BCUT2D eigenvalue weighted by Gasteiger charge is -2.21. The second-order valence-electron chi connectivity index (χ2n) is 5.14. The second-order valence-corrected chi connectivity index (χ2v) is 5.55. The minimum absolute atomic E-state index is 0.0959. The Kier molecular flexibility index (Phi) is 5.22.